The maximum absolute atomic E-state index is 11.5. The normalized spacial score (nSPS) is 9.80. The van der Waals surface area contributed by atoms with E-state index in [1.807, 2.05) is 0 Å². The molecule has 15 heavy (non-hydrogen) atoms. The summed E-state index contributed by atoms with van der Waals surface area (Å²) < 4.78 is 5.07. The summed E-state index contributed by atoms with van der Waals surface area (Å²) >= 11 is 6.20. The lowest BCUT2D eigenvalue weighted by atomic mass is 10.1. The Morgan fingerprint density at radius 1 is 1.53 bits per heavy atom. The molecule has 0 atom stereocenters. The molecule has 0 saturated heterocycles. The van der Waals surface area contributed by atoms with Crippen molar-refractivity contribution in [3.05, 3.63) is 28.0 Å². The van der Waals surface area contributed by atoms with Crippen molar-refractivity contribution in [2.45, 2.75) is 0 Å². The first-order chi connectivity index (χ1) is 7.11. The molecular weight excluding hydrogens is 330 g/mol. The van der Waals surface area contributed by atoms with Gasteiger partial charge >= 0.3 is 5.97 Å². The lowest BCUT2D eigenvalue weighted by Crippen LogP contribution is -2.14. The predicted molar refractivity (Wildman–Crippen MR) is 61.4 cm³/mol. The van der Waals surface area contributed by atoms with Gasteiger partial charge < -0.3 is 4.74 Å². The number of halogens is 2. The van der Waals surface area contributed by atoms with Crippen LogP contribution in [0.2, 0.25) is 0 Å². The second kappa shape index (κ2) is 5.37. The van der Waals surface area contributed by atoms with Gasteiger partial charge in [0.05, 0.1) is 12.4 Å². The number of methoxy groups -OCH3 is 1. The quantitative estimate of drug-likeness (QED) is 0.482. The zero-order valence-electron chi connectivity index (χ0n) is 7.79. The van der Waals surface area contributed by atoms with Crippen molar-refractivity contribution in [3.63, 3.8) is 0 Å². The summed E-state index contributed by atoms with van der Waals surface area (Å²) in [6.07, 6.45) is 1.45. The van der Waals surface area contributed by atoms with Crippen LogP contribution >= 0.6 is 31.9 Å². The molecule has 0 spiro atoms. The van der Waals surface area contributed by atoms with Gasteiger partial charge in [0.15, 0.2) is 5.78 Å². The molecule has 80 valence electrons. The third-order valence-electron chi connectivity index (χ3n) is 1.68. The molecule has 0 fully saturated rings. The van der Waals surface area contributed by atoms with Crippen molar-refractivity contribution in [1.29, 1.82) is 0 Å². The number of carbonyl (C=O) groups excluding carboxylic acids is 2. The van der Waals surface area contributed by atoms with E-state index in [1.165, 1.54) is 13.3 Å². The highest BCUT2D eigenvalue weighted by molar-refractivity contribution is 9.10. The number of alkyl halides is 1. The molecule has 1 aromatic heterocycles. The van der Waals surface area contributed by atoms with Crippen molar-refractivity contribution in [2.75, 3.05) is 12.4 Å². The molecule has 0 aliphatic heterocycles. The predicted octanol–water partition coefficient (Wildman–Crippen LogP) is 2.21. The molecular formula is C9H7Br2NO3. The van der Waals surface area contributed by atoms with Crippen LogP contribution in [0.1, 0.15) is 20.8 Å². The van der Waals surface area contributed by atoms with E-state index in [2.05, 4.69) is 41.6 Å². The summed E-state index contributed by atoms with van der Waals surface area (Å²) in [5, 5.41) is 0.112. The average molecular weight is 337 g/mol. The van der Waals surface area contributed by atoms with Gasteiger partial charge in [-0.15, -0.1) is 0 Å². The topological polar surface area (TPSA) is 56.3 Å². The number of ether oxygens (including phenoxy) is 1. The van der Waals surface area contributed by atoms with Crippen molar-refractivity contribution in [3.8, 4) is 0 Å². The number of rotatable bonds is 3. The second-order valence-corrected chi connectivity index (χ2v) is 3.98. The SMILES string of the molecule is COC(=O)c1c(Br)ccnc1C(=O)CBr. The van der Waals surface area contributed by atoms with Crippen molar-refractivity contribution in [1.82, 2.24) is 4.98 Å². The average Bonchev–Trinajstić information content (AvgIpc) is 2.26. The lowest BCUT2D eigenvalue weighted by Gasteiger charge is -2.06. The molecule has 0 aliphatic carbocycles. The minimum absolute atomic E-state index is 0.105. The standard InChI is InChI=1S/C9H7Br2NO3/c1-15-9(14)7-5(11)2-3-12-8(7)6(13)4-10/h2-3H,4H2,1H3. The summed E-state index contributed by atoms with van der Waals surface area (Å²) in [7, 11) is 1.25. The number of aromatic nitrogens is 1. The number of carbonyl (C=O) groups is 2. The summed E-state index contributed by atoms with van der Waals surface area (Å²) in [4.78, 5) is 26.8. The summed E-state index contributed by atoms with van der Waals surface area (Å²) in [6.45, 7) is 0. The number of hydrogen-bond acceptors (Lipinski definition) is 4. The van der Waals surface area contributed by atoms with Crippen LogP contribution in [0.25, 0.3) is 0 Å². The van der Waals surface area contributed by atoms with E-state index in [9.17, 15) is 9.59 Å². The van der Waals surface area contributed by atoms with Gasteiger partial charge in [0.1, 0.15) is 11.3 Å². The van der Waals surface area contributed by atoms with Gasteiger partial charge in [-0.3, -0.25) is 9.78 Å². The molecule has 0 radical (unpaired) electrons. The lowest BCUT2D eigenvalue weighted by molar-refractivity contribution is 0.0595. The van der Waals surface area contributed by atoms with E-state index in [0.717, 1.165) is 0 Å². The Morgan fingerprint density at radius 3 is 2.73 bits per heavy atom. The van der Waals surface area contributed by atoms with Crippen LogP contribution in [-0.4, -0.2) is 29.2 Å². The van der Waals surface area contributed by atoms with E-state index >= 15 is 0 Å². The summed E-state index contributed by atoms with van der Waals surface area (Å²) in [6, 6.07) is 1.58. The van der Waals surface area contributed by atoms with Crippen molar-refractivity contribution in [2.24, 2.45) is 0 Å². The molecule has 0 aliphatic rings. The van der Waals surface area contributed by atoms with Crippen molar-refractivity contribution < 1.29 is 14.3 Å². The molecule has 0 bridgehead atoms. The van der Waals surface area contributed by atoms with E-state index in [-0.39, 0.29) is 22.4 Å². The number of pyridine rings is 1. The zero-order valence-corrected chi connectivity index (χ0v) is 11.0. The van der Waals surface area contributed by atoms with Crippen LogP contribution in [-0.2, 0) is 4.74 Å². The molecule has 1 rings (SSSR count). The van der Waals surface area contributed by atoms with Crippen LogP contribution < -0.4 is 0 Å². The molecule has 6 heteroatoms. The van der Waals surface area contributed by atoms with Gasteiger partial charge in [-0.2, -0.15) is 0 Å². The monoisotopic (exact) mass is 335 g/mol. The highest BCUT2D eigenvalue weighted by Crippen LogP contribution is 2.20. The third kappa shape index (κ3) is 2.63. The fourth-order valence-corrected chi connectivity index (χ4v) is 1.74. The fourth-order valence-electron chi connectivity index (χ4n) is 1.01. The largest absolute Gasteiger partial charge is 0.465 e. The second-order valence-electron chi connectivity index (χ2n) is 2.56. The van der Waals surface area contributed by atoms with Gasteiger partial charge in [-0.05, 0) is 22.0 Å². The van der Waals surface area contributed by atoms with E-state index in [0.29, 0.717) is 4.47 Å². The Morgan fingerprint density at radius 2 is 2.20 bits per heavy atom. The molecule has 0 amide bonds. The minimum atomic E-state index is -0.584. The molecule has 0 aromatic carbocycles. The summed E-state index contributed by atoms with van der Waals surface area (Å²) in [5.41, 5.74) is 0.262. The smallest absolute Gasteiger partial charge is 0.341 e. The first-order valence-corrected chi connectivity index (χ1v) is 5.85. The van der Waals surface area contributed by atoms with E-state index < -0.39 is 5.97 Å². The van der Waals surface area contributed by atoms with Crippen LogP contribution in [0.15, 0.2) is 16.7 Å². The van der Waals surface area contributed by atoms with E-state index in [1.54, 1.807) is 6.07 Å². The van der Waals surface area contributed by atoms with Crippen LogP contribution in [0.5, 0.6) is 0 Å². The van der Waals surface area contributed by atoms with Gasteiger partial charge in [0, 0.05) is 10.7 Å². The first-order valence-electron chi connectivity index (χ1n) is 3.93. The Balaban J connectivity index is 3.32. The molecule has 4 nitrogen and oxygen atoms in total. The van der Waals surface area contributed by atoms with Gasteiger partial charge in [0.25, 0.3) is 0 Å². The van der Waals surface area contributed by atoms with Gasteiger partial charge in [-0.1, -0.05) is 15.9 Å². The van der Waals surface area contributed by atoms with Crippen LogP contribution in [0.3, 0.4) is 0 Å². The molecule has 1 heterocycles. The number of esters is 1. The maximum Gasteiger partial charge on any atom is 0.341 e. The minimum Gasteiger partial charge on any atom is -0.465 e. The Kier molecular flexibility index (Phi) is 4.41. The van der Waals surface area contributed by atoms with Crippen molar-refractivity contribution >= 4 is 43.6 Å². The molecule has 0 unspecified atom stereocenters. The highest BCUT2D eigenvalue weighted by atomic mass is 79.9. The van der Waals surface area contributed by atoms with E-state index in [4.69, 9.17) is 0 Å². The van der Waals surface area contributed by atoms with Gasteiger partial charge in [-0.25, -0.2) is 4.79 Å². The first kappa shape index (κ1) is 12.3. The Hall–Kier alpha value is -0.750. The van der Waals surface area contributed by atoms with Crippen LogP contribution in [0.4, 0.5) is 0 Å². The fraction of sp³-hybridized carbons (Fsp3) is 0.222. The Labute approximate surface area is 103 Å². The summed E-state index contributed by atoms with van der Waals surface area (Å²) in [5.74, 6) is -0.851. The highest BCUT2D eigenvalue weighted by Gasteiger charge is 2.21. The molecule has 0 saturated carbocycles. The zero-order chi connectivity index (χ0) is 11.4. The van der Waals surface area contributed by atoms with Crippen LogP contribution in [0, 0.1) is 0 Å². The number of ketones is 1. The molecule has 0 N–H and O–H groups in total. The molecule has 1 aromatic rings. The number of hydrogen-bond donors (Lipinski definition) is 0. The third-order valence-corrected chi connectivity index (χ3v) is 2.85. The Bertz CT molecular complexity index is 406. The maximum atomic E-state index is 11.5. The number of nitrogens with zero attached hydrogens (tertiary/aromatic N) is 1. The van der Waals surface area contributed by atoms with Gasteiger partial charge in [0.2, 0.25) is 0 Å². The number of Topliss-reactive ketones (excluding diaryl/α,β-unsaturated/α-hetero) is 1.